The molecule has 18 heavy (non-hydrogen) atoms. The van der Waals surface area contributed by atoms with E-state index in [9.17, 15) is 22.7 Å². The molecule has 100 valence electrons. The van der Waals surface area contributed by atoms with Gasteiger partial charge in [0.2, 0.25) is 11.6 Å². The highest BCUT2D eigenvalue weighted by molar-refractivity contribution is 5.49. The van der Waals surface area contributed by atoms with Gasteiger partial charge in [-0.3, -0.25) is 0 Å². The minimum absolute atomic E-state index is 0.0242. The van der Waals surface area contributed by atoms with Gasteiger partial charge in [0.05, 0.1) is 6.10 Å². The van der Waals surface area contributed by atoms with E-state index in [0.29, 0.717) is 6.42 Å². The van der Waals surface area contributed by atoms with E-state index < -0.39 is 35.3 Å². The molecule has 3 nitrogen and oxygen atoms in total. The molecule has 0 spiro atoms. The molecule has 0 bridgehead atoms. The summed E-state index contributed by atoms with van der Waals surface area (Å²) < 4.78 is 52.9. The lowest BCUT2D eigenvalue weighted by atomic mass is 9.95. The number of halogens is 4. The lowest BCUT2D eigenvalue weighted by molar-refractivity contribution is 0.102. The SMILES string of the molecule is CC1CCN(c2c(F)c(F)nc(F)c2F)CC1O. The number of aliphatic hydroxyl groups excluding tert-OH is 1. The summed E-state index contributed by atoms with van der Waals surface area (Å²) in [6, 6.07) is 0. The monoisotopic (exact) mass is 264 g/mol. The van der Waals surface area contributed by atoms with Crippen LogP contribution in [0.5, 0.6) is 0 Å². The number of rotatable bonds is 1. The minimum atomic E-state index is -1.68. The largest absolute Gasteiger partial charge is 0.391 e. The van der Waals surface area contributed by atoms with Crippen LogP contribution in [0.4, 0.5) is 23.2 Å². The van der Waals surface area contributed by atoms with Crippen molar-refractivity contribution in [3.05, 3.63) is 23.5 Å². The molecular formula is C11H12F4N2O. The highest BCUT2D eigenvalue weighted by Crippen LogP contribution is 2.29. The number of piperidine rings is 1. The van der Waals surface area contributed by atoms with Crippen LogP contribution < -0.4 is 4.90 Å². The van der Waals surface area contributed by atoms with Crippen LogP contribution in [0.25, 0.3) is 0 Å². The molecule has 2 unspecified atom stereocenters. The lowest BCUT2D eigenvalue weighted by Crippen LogP contribution is -2.44. The predicted octanol–water partition coefficient (Wildman–Crippen LogP) is 1.85. The average Bonchev–Trinajstić information content (AvgIpc) is 2.31. The number of hydrogen-bond donors (Lipinski definition) is 1. The van der Waals surface area contributed by atoms with Crippen LogP contribution >= 0.6 is 0 Å². The summed E-state index contributed by atoms with van der Waals surface area (Å²) in [6.45, 7) is 1.94. The van der Waals surface area contributed by atoms with Crippen molar-refractivity contribution in [1.82, 2.24) is 4.98 Å². The molecular weight excluding hydrogens is 252 g/mol. The summed E-state index contributed by atoms with van der Waals surface area (Å²) in [5.74, 6) is -6.45. The van der Waals surface area contributed by atoms with Crippen LogP contribution in [0.15, 0.2) is 0 Å². The Bertz CT molecular complexity index is 443. The summed E-state index contributed by atoms with van der Waals surface area (Å²) in [7, 11) is 0. The molecule has 0 aliphatic carbocycles. The molecule has 7 heteroatoms. The summed E-state index contributed by atoms with van der Waals surface area (Å²) >= 11 is 0. The van der Waals surface area contributed by atoms with Crippen LogP contribution in [0, 0.1) is 29.4 Å². The van der Waals surface area contributed by atoms with Gasteiger partial charge in [-0.1, -0.05) is 6.92 Å². The predicted molar refractivity (Wildman–Crippen MR) is 56.1 cm³/mol. The Morgan fingerprint density at radius 1 is 1.17 bits per heavy atom. The van der Waals surface area contributed by atoms with E-state index in [2.05, 4.69) is 4.98 Å². The van der Waals surface area contributed by atoms with Crippen molar-refractivity contribution in [2.75, 3.05) is 18.0 Å². The van der Waals surface area contributed by atoms with Crippen LogP contribution in [-0.2, 0) is 0 Å². The molecule has 1 fully saturated rings. The summed E-state index contributed by atoms with van der Waals surface area (Å²) in [5, 5.41) is 9.64. The summed E-state index contributed by atoms with van der Waals surface area (Å²) in [4.78, 5) is 3.59. The van der Waals surface area contributed by atoms with Crippen molar-refractivity contribution in [1.29, 1.82) is 0 Å². The zero-order valence-electron chi connectivity index (χ0n) is 9.63. The molecule has 2 heterocycles. The Hall–Kier alpha value is -1.37. The maximum atomic E-state index is 13.5. The first kappa shape index (κ1) is 13.1. The fourth-order valence-corrected chi connectivity index (χ4v) is 2.01. The molecule has 1 aromatic heterocycles. The summed E-state index contributed by atoms with van der Waals surface area (Å²) in [6.07, 6.45) is -0.317. The molecule has 1 aromatic rings. The first-order valence-corrected chi connectivity index (χ1v) is 5.54. The smallest absolute Gasteiger partial charge is 0.253 e. The van der Waals surface area contributed by atoms with Crippen molar-refractivity contribution in [3.63, 3.8) is 0 Å². The molecule has 2 atom stereocenters. The first-order chi connectivity index (χ1) is 8.41. The van der Waals surface area contributed by atoms with Crippen molar-refractivity contribution >= 4 is 5.69 Å². The Morgan fingerprint density at radius 2 is 1.72 bits per heavy atom. The second kappa shape index (κ2) is 4.72. The fraction of sp³-hybridized carbons (Fsp3) is 0.545. The fourth-order valence-electron chi connectivity index (χ4n) is 2.01. The zero-order chi connectivity index (χ0) is 13.4. The molecule has 0 radical (unpaired) electrons. The van der Waals surface area contributed by atoms with Gasteiger partial charge in [-0.05, 0) is 12.3 Å². The zero-order valence-corrected chi connectivity index (χ0v) is 9.63. The van der Waals surface area contributed by atoms with E-state index in [4.69, 9.17) is 0 Å². The molecule has 2 rings (SSSR count). The quantitative estimate of drug-likeness (QED) is 0.621. The molecule has 1 aliphatic rings. The third-order valence-electron chi connectivity index (χ3n) is 3.21. The van der Waals surface area contributed by atoms with E-state index in [-0.39, 0.29) is 19.0 Å². The van der Waals surface area contributed by atoms with E-state index in [1.807, 2.05) is 0 Å². The van der Waals surface area contributed by atoms with Gasteiger partial charge < -0.3 is 10.0 Å². The van der Waals surface area contributed by atoms with Gasteiger partial charge in [0.25, 0.3) is 11.9 Å². The third kappa shape index (κ3) is 2.14. The Morgan fingerprint density at radius 3 is 2.22 bits per heavy atom. The number of nitrogens with zero attached hydrogens (tertiary/aromatic N) is 2. The van der Waals surface area contributed by atoms with Crippen molar-refractivity contribution in [2.24, 2.45) is 5.92 Å². The van der Waals surface area contributed by atoms with E-state index in [0.717, 1.165) is 4.90 Å². The van der Waals surface area contributed by atoms with Gasteiger partial charge >= 0.3 is 0 Å². The van der Waals surface area contributed by atoms with Crippen molar-refractivity contribution < 1.29 is 22.7 Å². The number of aliphatic hydroxyl groups is 1. The molecule has 1 aliphatic heterocycles. The molecule has 1 saturated heterocycles. The number of hydrogen-bond acceptors (Lipinski definition) is 3. The van der Waals surface area contributed by atoms with Crippen LogP contribution in [0.3, 0.4) is 0 Å². The maximum Gasteiger partial charge on any atom is 0.253 e. The lowest BCUT2D eigenvalue weighted by Gasteiger charge is -2.35. The topological polar surface area (TPSA) is 36.4 Å². The van der Waals surface area contributed by atoms with E-state index in [1.165, 1.54) is 0 Å². The molecule has 1 N–H and O–H groups in total. The Labute approximate surface area is 101 Å². The van der Waals surface area contributed by atoms with Crippen molar-refractivity contribution in [3.8, 4) is 0 Å². The van der Waals surface area contributed by atoms with Crippen LogP contribution in [0.2, 0.25) is 0 Å². The Kier molecular flexibility index (Phi) is 3.43. The average molecular weight is 264 g/mol. The van der Waals surface area contributed by atoms with Gasteiger partial charge in [-0.15, -0.1) is 0 Å². The molecule has 0 aromatic carbocycles. The highest BCUT2D eigenvalue weighted by Gasteiger charge is 2.31. The van der Waals surface area contributed by atoms with Crippen molar-refractivity contribution in [2.45, 2.75) is 19.4 Å². The first-order valence-electron chi connectivity index (χ1n) is 5.54. The van der Waals surface area contributed by atoms with Gasteiger partial charge in [0.1, 0.15) is 5.69 Å². The van der Waals surface area contributed by atoms with Gasteiger partial charge in [0.15, 0.2) is 0 Å². The van der Waals surface area contributed by atoms with E-state index >= 15 is 0 Å². The maximum absolute atomic E-state index is 13.5. The summed E-state index contributed by atoms with van der Waals surface area (Å²) in [5.41, 5.74) is -0.800. The normalized spacial score (nSPS) is 24.4. The molecule has 0 saturated carbocycles. The second-order valence-corrected chi connectivity index (χ2v) is 4.45. The number of β-amino-alcohol motifs (C(OH)–C–C–N with tert-alkyl or cyclic N) is 1. The number of aromatic nitrogens is 1. The van der Waals surface area contributed by atoms with Gasteiger partial charge in [-0.25, -0.2) is 0 Å². The standard InChI is InChI=1S/C11H12F4N2O/c1-5-2-3-17(4-6(5)18)9-7(12)10(14)16-11(15)8(9)13/h5-6,18H,2-4H2,1H3. The highest BCUT2D eigenvalue weighted by atomic mass is 19.2. The van der Waals surface area contributed by atoms with Crippen LogP contribution in [0.1, 0.15) is 13.3 Å². The van der Waals surface area contributed by atoms with E-state index in [1.54, 1.807) is 6.92 Å². The number of pyridine rings is 1. The van der Waals surface area contributed by atoms with Crippen LogP contribution in [-0.4, -0.2) is 29.3 Å². The Balaban J connectivity index is 2.39. The number of anilines is 1. The molecule has 0 amide bonds. The van der Waals surface area contributed by atoms with Gasteiger partial charge in [-0.2, -0.15) is 22.5 Å². The minimum Gasteiger partial charge on any atom is -0.391 e. The van der Waals surface area contributed by atoms with Gasteiger partial charge in [0, 0.05) is 13.1 Å². The second-order valence-electron chi connectivity index (χ2n) is 4.45. The third-order valence-corrected chi connectivity index (χ3v) is 3.21.